The van der Waals surface area contributed by atoms with Gasteiger partial charge in [-0.2, -0.15) is 0 Å². The van der Waals surface area contributed by atoms with Crippen LogP contribution in [0.2, 0.25) is 5.02 Å². The highest BCUT2D eigenvalue weighted by atomic mass is 35.5. The minimum atomic E-state index is -0.836. The van der Waals surface area contributed by atoms with E-state index >= 15 is 0 Å². The van der Waals surface area contributed by atoms with Crippen LogP contribution in [0.5, 0.6) is 0 Å². The molecule has 0 radical (unpaired) electrons. The molecular formula is C25H29ClN4OS. The highest BCUT2D eigenvalue weighted by Gasteiger charge is 2.40. The normalized spacial score (nSPS) is 18.1. The zero-order valence-corrected chi connectivity index (χ0v) is 21.3. The third-order valence-electron chi connectivity index (χ3n) is 5.86. The number of hydrogen-bond donors (Lipinski definition) is 0. The van der Waals surface area contributed by atoms with Crippen molar-refractivity contribution in [3.8, 4) is 5.00 Å². The van der Waals surface area contributed by atoms with Crippen molar-refractivity contribution in [2.24, 2.45) is 10.4 Å². The molecule has 168 valence electrons. The Labute approximate surface area is 198 Å². The lowest BCUT2D eigenvalue weighted by molar-refractivity contribution is -0.121. The molecule has 1 aromatic carbocycles. The second-order valence-corrected chi connectivity index (χ2v) is 11.7. The number of hydrogen-bond acceptors (Lipinski definition) is 5. The van der Waals surface area contributed by atoms with Gasteiger partial charge in [0, 0.05) is 33.9 Å². The van der Waals surface area contributed by atoms with Gasteiger partial charge in [-0.25, -0.2) is 0 Å². The minimum Gasteiger partial charge on any atom is -0.300 e. The van der Waals surface area contributed by atoms with E-state index in [0.29, 0.717) is 17.3 Å². The first-order valence-electron chi connectivity index (χ1n) is 10.8. The Balaban J connectivity index is 1.98. The molecule has 0 bridgehead atoms. The Hall–Kier alpha value is -2.31. The van der Waals surface area contributed by atoms with Crippen LogP contribution in [-0.4, -0.2) is 26.3 Å². The molecule has 0 fully saturated rings. The van der Waals surface area contributed by atoms with Crippen molar-refractivity contribution in [1.29, 1.82) is 0 Å². The van der Waals surface area contributed by atoms with Gasteiger partial charge in [0.15, 0.2) is 5.82 Å². The predicted molar refractivity (Wildman–Crippen MR) is 132 cm³/mol. The van der Waals surface area contributed by atoms with Gasteiger partial charge in [-0.05, 0) is 50.8 Å². The van der Waals surface area contributed by atoms with E-state index < -0.39 is 5.54 Å². The fourth-order valence-electron chi connectivity index (χ4n) is 4.33. The van der Waals surface area contributed by atoms with Crippen LogP contribution in [0.3, 0.4) is 0 Å². The van der Waals surface area contributed by atoms with Crippen LogP contribution in [0.25, 0.3) is 5.00 Å². The number of aromatic nitrogens is 3. The van der Waals surface area contributed by atoms with E-state index in [0.717, 1.165) is 27.7 Å². The fourth-order valence-corrected chi connectivity index (χ4v) is 5.66. The molecule has 4 rings (SSSR count). The topological polar surface area (TPSA) is 60.1 Å². The van der Waals surface area contributed by atoms with Crippen LogP contribution >= 0.6 is 22.9 Å². The molecule has 0 saturated carbocycles. The number of halogens is 1. The van der Waals surface area contributed by atoms with Gasteiger partial charge in [0.25, 0.3) is 0 Å². The summed E-state index contributed by atoms with van der Waals surface area (Å²) in [6, 6.07) is 7.75. The molecule has 0 amide bonds. The summed E-state index contributed by atoms with van der Waals surface area (Å²) in [7, 11) is 0. The maximum atomic E-state index is 13.1. The van der Waals surface area contributed by atoms with Gasteiger partial charge in [-0.3, -0.25) is 14.4 Å². The number of rotatable bonds is 4. The van der Waals surface area contributed by atoms with Gasteiger partial charge in [-0.1, -0.05) is 44.5 Å². The molecule has 0 N–H and O–H groups in total. The highest BCUT2D eigenvalue weighted by molar-refractivity contribution is 7.15. The molecule has 0 aliphatic carbocycles. The van der Waals surface area contributed by atoms with Crippen LogP contribution in [0.15, 0.2) is 29.3 Å². The van der Waals surface area contributed by atoms with Gasteiger partial charge in [-0.15, -0.1) is 21.5 Å². The van der Waals surface area contributed by atoms with Crippen molar-refractivity contribution in [2.75, 3.05) is 0 Å². The SMILES string of the molecule is Cc1sc2c(c1C)C(c1ccc(Cl)cc1)=NC(C)(CC(=O)CC(C)(C)C)c1nnc(C)n1-2. The van der Waals surface area contributed by atoms with Crippen molar-refractivity contribution < 1.29 is 4.79 Å². The maximum absolute atomic E-state index is 13.1. The molecule has 0 spiro atoms. The number of Topliss-reactive ketones (excluding diaryl/α,β-unsaturated/α-hetero) is 1. The lowest BCUT2D eigenvalue weighted by atomic mass is 9.84. The Morgan fingerprint density at radius 1 is 1.12 bits per heavy atom. The maximum Gasteiger partial charge on any atom is 0.166 e. The van der Waals surface area contributed by atoms with Gasteiger partial charge in [0.1, 0.15) is 22.1 Å². The second kappa shape index (κ2) is 7.92. The zero-order chi connectivity index (χ0) is 23.4. The molecule has 1 aliphatic rings. The highest BCUT2D eigenvalue weighted by Crippen LogP contribution is 2.42. The number of fused-ring (bicyclic) bond motifs is 3. The number of carbonyl (C=O) groups is 1. The monoisotopic (exact) mass is 468 g/mol. The number of aliphatic imine (C=N–C) groups is 1. The lowest BCUT2D eigenvalue weighted by Crippen LogP contribution is -2.29. The fraction of sp³-hybridized carbons (Fsp3) is 0.440. The third-order valence-corrected chi connectivity index (χ3v) is 7.30. The van der Waals surface area contributed by atoms with E-state index in [1.54, 1.807) is 11.3 Å². The summed E-state index contributed by atoms with van der Waals surface area (Å²) < 4.78 is 2.09. The summed E-state index contributed by atoms with van der Waals surface area (Å²) in [5, 5.41) is 10.7. The molecule has 1 atom stereocenters. The van der Waals surface area contributed by atoms with Crippen LogP contribution in [0, 0.1) is 26.2 Å². The molecule has 5 nitrogen and oxygen atoms in total. The molecule has 0 saturated heterocycles. The predicted octanol–water partition coefficient (Wildman–Crippen LogP) is 6.37. The van der Waals surface area contributed by atoms with Gasteiger partial charge >= 0.3 is 0 Å². The Bertz CT molecular complexity index is 1230. The molecule has 1 unspecified atom stereocenters. The van der Waals surface area contributed by atoms with Crippen molar-refractivity contribution in [1.82, 2.24) is 14.8 Å². The Kier molecular flexibility index (Phi) is 5.66. The summed E-state index contributed by atoms with van der Waals surface area (Å²) in [5.41, 5.74) is 3.18. The van der Waals surface area contributed by atoms with Crippen molar-refractivity contribution in [3.05, 3.63) is 62.5 Å². The van der Waals surface area contributed by atoms with E-state index in [2.05, 4.69) is 49.4 Å². The molecular weight excluding hydrogens is 440 g/mol. The van der Waals surface area contributed by atoms with Gasteiger partial charge in [0.05, 0.1) is 5.71 Å². The van der Waals surface area contributed by atoms with Crippen LogP contribution in [0.4, 0.5) is 0 Å². The standard InChI is InChI=1S/C25H29ClN4OS/c1-14-15(2)32-22-20(14)21(17-8-10-18(26)11-9-17)27-25(7,13-19(31)12-24(4,5)6)23-29-28-16(3)30(22)23/h8-11H,12-13H2,1-7H3. The summed E-state index contributed by atoms with van der Waals surface area (Å²) in [6.07, 6.45) is 0.758. The quantitative estimate of drug-likeness (QED) is 0.447. The molecule has 1 aliphatic heterocycles. The first-order chi connectivity index (χ1) is 14.9. The Morgan fingerprint density at radius 3 is 2.41 bits per heavy atom. The van der Waals surface area contributed by atoms with Crippen molar-refractivity contribution in [3.63, 3.8) is 0 Å². The van der Waals surface area contributed by atoms with E-state index in [4.69, 9.17) is 16.6 Å². The van der Waals surface area contributed by atoms with Gasteiger partial charge < -0.3 is 0 Å². The molecule has 2 aromatic heterocycles. The summed E-state index contributed by atoms with van der Waals surface area (Å²) >= 11 is 7.89. The van der Waals surface area contributed by atoms with E-state index in [9.17, 15) is 4.79 Å². The molecule has 3 heterocycles. The third kappa shape index (κ3) is 4.06. The number of ketones is 1. The Morgan fingerprint density at radius 2 is 1.78 bits per heavy atom. The number of nitrogens with zero attached hydrogens (tertiary/aromatic N) is 4. The minimum absolute atomic E-state index is 0.0865. The lowest BCUT2D eigenvalue weighted by Gasteiger charge is -2.26. The number of carbonyl (C=O) groups excluding carboxylic acids is 1. The smallest absolute Gasteiger partial charge is 0.166 e. The van der Waals surface area contributed by atoms with Crippen LogP contribution < -0.4 is 0 Å². The molecule has 3 aromatic rings. The van der Waals surface area contributed by atoms with Crippen LogP contribution in [-0.2, 0) is 10.3 Å². The second-order valence-electron chi connectivity index (χ2n) is 10.1. The molecule has 7 heteroatoms. The number of benzene rings is 1. The van der Waals surface area contributed by atoms with Crippen molar-refractivity contribution >= 4 is 34.4 Å². The number of thiophene rings is 1. The van der Waals surface area contributed by atoms with Crippen LogP contribution in [0.1, 0.15) is 73.8 Å². The summed E-state index contributed by atoms with van der Waals surface area (Å²) in [4.78, 5) is 19.6. The average molecular weight is 469 g/mol. The van der Waals surface area contributed by atoms with E-state index in [1.165, 1.54) is 10.4 Å². The summed E-state index contributed by atoms with van der Waals surface area (Å²) in [6.45, 7) is 14.5. The van der Waals surface area contributed by atoms with Crippen molar-refractivity contribution in [2.45, 2.75) is 66.8 Å². The van der Waals surface area contributed by atoms with E-state index in [-0.39, 0.29) is 17.6 Å². The average Bonchev–Trinajstić information content (AvgIpc) is 3.16. The summed E-state index contributed by atoms with van der Waals surface area (Å²) in [5.74, 6) is 1.68. The first kappa shape index (κ1) is 22.9. The number of aryl methyl sites for hydroxylation is 2. The molecule has 32 heavy (non-hydrogen) atoms. The van der Waals surface area contributed by atoms with Gasteiger partial charge in [0.2, 0.25) is 0 Å². The largest absolute Gasteiger partial charge is 0.300 e. The first-order valence-corrected chi connectivity index (χ1v) is 12.0. The van der Waals surface area contributed by atoms with E-state index in [1.807, 2.05) is 38.1 Å². The zero-order valence-electron chi connectivity index (χ0n) is 19.7.